The number of hydrogen-bond acceptors (Lipinski definition) is 4. The Labute approximate surface area is 104 Å². The number of esters is 2. The van der Waals surface area contributed by atoms with E-state index in [2.05, 4.69) is 0 Å². The molecule has 0 aromatic heterocycles. The molecule has 0 heterocycles. The summed E-state index contributed by atoms with van der Waals surface area (Å²) in [5.74, 6) is -0.351. The molecule has 0 N–H and O–H groups in total. The fraction of sp³-hybridized carbons (Fsp3) is 0.846. The summed E-state index contributed by atoms with van der Waals surface area (Å²) in [6.07, 6.45) is 2.17. The second-order valence-electron chi connectivity index (χ2n) is 4.20. The summed E-state index contributed by atoms with van der Waals surface area (Å²) >= 11 is 0. The third kappa shape index (κ3) is 6.97. The Morgan fingerprint density at radius 3 is 2.24 bits per heavy atom. The Morgan fingerprint density at radius 2 is 1.76 bits per heavy atom. The first-order valence-electron chi connectivity index (χ1n) is 6.40. The lowest BCUT2D eigenvalue weighted by molar-refractivity contribution is -0.155. The maximum atomic E-state index is 11.4. The van der Waals surface area contributed by atoms with Crippen molar-refractivity contribution in [3.05, 3.63) is 0 Å². The fourth-order valence-corrected chi connectivity index (χ4v) is 1.47. The maximum absolute atomic E-state index is 11.4. The minimum Gasteiger partial charge on any atom is -0.465 e. The lowest BCUT2D eigenvalue weighted by Gasteiger charge is -2.22. The lowest BCUT2D eigenvalue weighted by Crippen LogP contribution is -2.28. The van der Waals surface area contributed by atoms with Crippen LogP contribution in [-0.2, 0) is 19.1 Å². The summed E-state index contributed by atoms with van der Waals surface area (Å²) in [4.78, 5) is 22.4. The topological polar surface area (TPSA) is 52.6 Å². The Morgan fingerprint density at radius 1 is 1.12 bits per heavy atom. The summed E-state index contributed by atoms with van der Waals surface area (Å²) in [6.45, 7) is 7.89. The summed E-state index contributed by atoms with van der Waals surface area (Å²) in [5, 5.41) is 0. The average molecular weight is 244 g/mol. The van der Waals surface area contributed by atoms with Crippen molar-refractivity contribution >= 4 is 11.9 Å². The van der Waals surface area contributed by atoms with E-state index >= 15 is 0 Å². The molecule has 0 aromatic rings. The zero-order valence-electron chi connectivity index (χ0n) is 11.3. The monoisotopic (exact) mass is 244 g/mol. The molecule has 0 fully saturated rings. The van der Waals surface area contributed by atoms with Crippen LogP contribution in [0, 0.1) is 5.92 Å². The Bertz CT molecular complexity index is 238. The van der Waals surface area contributed by atoms with Crippen LogP contribution in [0.15, 0.2) is 0 Å². The molecule has 0 aliphatic heterocycles. The Kier molecular flexibility index (Phi) is 8.46. The first-order valence-corrected chi connectivity index (χ1v) is 6.40. The van der Waals surface area contributed by atoms with Gasteiger partial charge in [0.1, 0.15) is 6.10 Å². The number of ether oxygens (including phenoxy) is 2. The number of hydrogen-bond donors (Lipinski definition) is 0. The average Bonchev–Trinajstić information content (AvgIpc) is 2.32. The number of carbonyl (C=O) groups excluding carboxylic acids is 2. The molecule has 2 unspecified atom stereocenters. The van der Waals surface area contributed by atoms with Crippen LogP contribution < -0.4 is 0 Å². The Hall–Kier alpha value is -1.06. The van der Waals surface area contributed by atoms with Crippen LogP contribution in [0.5, 0.6) is 0 Å². The van der Waals surface area contributed by atoms with Crippen molar-refractivity contribution in [3.63, 3.8) is 0 Å². The zero-order valence-corrected chi connectivity index (χ0v) is 11.3. The quantitative estimate of drug-likeness (QED) is 0.616. The van der Waals surface area contributed by atoms with E-state index in [-0.39, 0.29) is 24.0 Å². The van der Waals surface area contributed by atoms with E-state index in [4.69, 9.17) is 9.47 Å². The molecule has 0 aromatic carbocycles. The van der Waals surface area contributed by atoms with Crippen molar-refractivity contribution in [1.29, 1.82) is 0 Å². The SMILES string of the molecule is CCCC(=O)OC(CC)C(C)COC(=O)CC. The van der Waals surface area contributed by atoms with Crippen molar-refractivity contribution in [2.45, 2.75) is 59.5 Å². The van der Waals surface area contributed by atoms with Gasteiger partial charge in [0.2, 0.25) is 0 Å². The molecule has 100 valence electrons. The van der Waals surface area contributed by atoms with Gasteiger partial charge < -0.3 is 9.47 Å². The maximum Gasteiger partial charge on any atom is 0.306 e. The molecule has 0 radical (unpaired) electrons. The van der Waals surface area contributed by atoms with Gasteiger partial charge in [-0.25, -0.2) is 0 Å². The predicted octanol–water partition coefficient (Wildman–Crippen LogP) is 2.70. The van der Waals surface area contributed by atoms with Gasteiger partial charge in [-0.15, -0.1) is 0 Å². The van der Waals surface area contributed by atoms with Gasteiger partial charge >= 0.3 is 11.9 Å². The number of rotatable bonds is 8. The molecule has 0 bridgehead atoms. The zero-order chi connectivity index (χ0) is 13.3. The predicted molar refractivity (Wildman–Crippen MR) is 65.5 cm³/mol. The third-order valence-electron chi connectivity index (χ3n) is 2.57. The Balaban J connectivity index is 4.07. The molecular weight excluding hydrogens is 220 g/mol. The molecular formula is C13H24O4. The molecule has 0 aliphatic carbocycles. The van der Waals surface area contributed by atoms with Crippen molar-refractivity contribution in [3.8, 4) is 0 Å². The van der Waals surface area contributed by atoms with Crippen molar-refractivity contribution in [2.24, 2.45) is 5.92 Å². The third-order valence-corrected chi connectivity index (χ3v) is 2.57. The lowest BCUT2D eigenvalue weighted by atomic mass is 10.0. The van der Waals surface area contributed by atoms with Crippen LogP contribution >= 0.6 is 0 Å². The second-order valence-corrected chi connectivity index (χ2v) is 4.20. The number of carbonyl (C=O) groups is 2. The molecule has 0 amide bonds. The summed E-state index contributed by atoms with van der Waals surface area (Å²) < 4.78 is 10.4. The van der Waals surface area contributed by atoms with Crippen LogP contribution in [0.4, 0.5) is 0 Å². The first-order chi connectivity index (χ1) is 8.04. The van der Waals surface area contributed by atoms with Crippen LogP contribution in [0.2, 0.25) is 0 Å². The highest BCUT2D eigenvalue weighted by atomic mass is 16.6. The largest absolute Gasteiger partial charge is 0.465 e. The van der Waals surface area contributed by atoms with Gasteiger partial charge in [0, 0.05) is 18.8 Å². The molecule has 0 saturated heterocycles. The van der Waals surface area contributed by atoms with Gasteiger partial charge in [0.15, 0.2) is 0 Å². The second kappa shape index (κ2) is 9.02. The van der Waals surface area contributed by atoms with Gasteiger partial charge in [-0.05, 0) is 12.8 Å². The van der Waals surface area contributed by atoms with Crippen LogP contribution in [0.1, 0.15) is 53.4 Å². The molecule has 2 atom stereocenters. The van der Waals surface area contributed by atoms with Crippen LogP contribution in [0.25, 0.3) is 0 Å². The fourth-order valence-electron chi connectivity index (χ4n) is 1.47. The van der Waals surface area contributed by atoms with Crippen molar-refractivity contribution < 1.29 is 19.1 Å². The van der Waals surface area contributed by atoms with Crippen LogP contribution in [0.3, 0.4) is 0 Å². The molecule has 0 aliphatic rings. The van der Waals surface area contributed by atoms with Gasteiger partial charge in [-0.3, -0.25) is 9.59 Å². The van der Waals surface area contributed by atoms with E-state index in [9.17, 15) is 9.59 Å². The van der Waals surface area contributed by atoms with Gasteiger partial charge in [-0.2, -0.15) is 0 Å². The van der Waals surface area contributed by atoms with E-state index in [1.807, 2.05) is 20.8 Å². The first kappa shape index (κ1) is 15.9. The molecule has 4 nitrogen and oxygen atoms in total. The standard InChI is InChI=1S/C13H24O4/c1-5-8-13(15)17-11(6-2)10(4)9-16-12(14)7-3/h10-11H,5-9H2,1-4H3. The molecule has 4 heteroatoms. The van der Waals surface area contributed by atoms with E-state index in [1.54, 1.807) is 6.92 Å². The van der Waals surface area contributed by atoms with Crippen molar-refractivity contribution in [2.75, 3.05) is 6.61 Å². The highest BCUT2D eigenvalue weighted by molar-refractivity contribution is 5.69. The van der Waals surface area contributed by atoms with Gasteiger partial charge in [0.25, 0.3) is 0 Å². The molecule has 0 spiro atoms. The summed E-state index contributed by atoms with van der Waals surface area (Å²) in [7, 11) is 0. The summed E-state index contributed by atoms with van der Waals surface area (Å²) in [6, 6.07) is 0. The van der Waals surface area contributed by atoms with E-state index < -0.39 is 0 Å². The minimum atomic E-state index is -0.216. The normalized spacial score (nSPS) is 13.9. The van der Waals surface area contributed by atoms with Crippen molar-refractivity contribution in [1.82, 2.24) is 0 Å². The summed E-state index contributed by atoms with van der Waals surface area (Å²) in [5.41, 5.74) is 0. The van der Waals surface area contributed by atoms with Gasteiger partial charge in [0.05, 0.1) is 6.61 Å². The molecule has 0 rings (SSSR count). The molecule has 0 saturated carbocycles. The highest BCUT2D eigenvalue weighted by Gasteiger charge is 2.20. The van der Waals surface area contributed by atoms with E-state index in [0.29, 0.717) is 19.4 Å². The smallest absolute Gasteiger partial charge is 0.306 e. The van der Waals surface area contributed by atoms with E-state index in [0.717, 1.165) is 12.8 Å². The minimum absolute atomic E-state index is 0.0382. The van der Waals surface area contributed by atoms with E-state index in [1.165, 1.54) is 0 Å². The highest BCUT2D eigenvalue weighted by Crippen LogP contribution is 2.13. The van der Waals surface area contributed by atoms with Crippen LogP contribution in [-0.4, -0.2) is 24.6 Å². The van der Waals surface area contributed by atoms with Gasteiger partial charge in [-0.1, -0.05) is 27.7 Å². The molecule has 17 heavy (non-hydrogen) atoms.